The highest BCUT2D eigenvalue weighted by molar-refractivity contribution is 6.31. The predicted octanol–water partition coefficient (Wildman–Crippen LogP) is 5.89. The molecule has 3 N–H and O–H groups in total. The van der Waals surface area contributed by atoms with Crippen molar-refractivity contribution in [3.63, 3.8) is 0 Å². The number of nitrogens with one attached hydrogen (secondary N) is 3. The molecule has 1 aliphatic carbocycles. The van der Waals surface area contributed by atoms with Crippen LogP contribution < -0.4 is 20.7 Å². The number of rotatable bonds is 7. The van der Waals surface area contributed by atoms with Gasteiger partial charge in [-0.15, -0.1) is 0 Å². The topological polar surface area (TPSA) is 105 Å². The molecule has 0 unspecified atom stereocenters. The fraction of sp³-hybridized carbons (Fsp3) is 0.250. The van der Waals surface area contributed by atoms with E-state index in [0.717, 1.165) is 36.2 Å². The molecule has 12 heteroatoms. The van der Waals surface area contributed by atoms with Gasteiger partial charge < -0.3 is 20.7 Å². The second kappa shape index (κ2) is 11.7. The molecule has 3 aromatic rings. The normalized spacial score (nSPS) is 12.6. The Morgan fingerprint density at radius 3 is 2.50 bits per heavy atom. The van der Waals surface area contributed by atoms with Crippen LogP contribution in [0.5, 0.6) is 11.6 Å². The average molecular weight is 522 g/mol. The summed E-state index contributed by atoms with van der Waals surface area (Å²) < 4.78 is 42.5. The first kappa shape index (κ1) is 26.7. The number of nitrogens with zero attached hydrogens (tertiary/aromatic N) is 2. The van der Waals surface area contributed by atoms with E-state index in [2.05, 4.69) is 25.9 Å². The van der Waals surface area contributed by atoms with E-state index in [1.807, 2.05) is 32.2 Å². The quantitative estimate of drug-likeness (QED) is 0.335. The molecular weight excluding hydrogens is 499 g/mol. The highest BCUT2D eigenvalue weighted by atomic mass is 35.5. The van der Waals surface area contributed by atoms with Crippen LogP contribution in [-0.4, -0.2) is 29.3 Å². The molecule has 1 heterocycles. The predicted molar refractivity (Wildman–Crippen MR) is 130 cm³/mol. The fourth-order valence-corrected chi connectivity index (χ4v) is 3.26. The Morgan fingerprint density at radius 2 is 1.89 bits per heavy atom. The number of ether oxygens (including phenoxy) is 1. The third-order valence-corrected chi connectivity index (χ3v) is 5.36. The van der Waals surface area contributed by atoms with Crippen LogP contribution in [0.4, 0.5) is 30.4 Å². The van der Waals surface area contributed by atoms with E-state index < -0.39 is 16.8 Å². The Hall–Kier alpha value is -3.86. The van der Waals surface area contributed by atoms with Crippen molar-refractivity contribution in [3.8, 4) is 11.6 Å². The van der Waals surface area contributed by atoms with Gasteiger partial charge in [-0.25, -0.2) is 9.97 Å². The first-order chi connectivity index (χ1) is 17.1. The number of carbonyl (C=O) groups excluding carboxylic acids is 2. The van der Waals surface area contributed by atoms with Crippen molar-refractivity contribution in [2.24, 2.45) is 5.92 Å². The minimum absolute atomic E-state index is 0.0128. The number of hydrogen-bond donors (Lipinski definition) is 3. The van der Waals surface area contributed by atoms with Crippen molar-refractivity contribution in [3.05, 3.63) is 64.9 Å². The van der Waals surface area contributed by atoms with Gasteiger partial charge in [-0.1, -0.05) is 11.6 Å². The summed E-state index contributed by atoms with van der Waals surface area (Å²) in [6.07, 6.45) is -0.928. The van der Waals surface area contributed by atoms with E-state index in [-0.39, 0.29) is 17.5 Å². The minimum atomic E-state index is -4.52. The van der Waals surface area contributed by atoms with Gasteiger partial charge in [0, 0.05) is 30.4 Å². The lowest BCUT2D eigenvalue weighted by molar-refractivity contribution is -0.137. The lowest BCUT2D eigenvalue weighted by Crippen LogP contribution is -2.14. The lowest BCUT2D eigenvalue weighted by atomic mass is 10.2. The van der Waals surface area contributed by atoms with Crippen molar-refractivity contribution in [2.75, 3.05) is 23.0 Å². The Bertz CT molecular complexity index is 1240. The van der Waals surface area contributed by atoms with E-state index in [9.17, 15) is 22.8 Å². The largest absolute Gasteiger partial charge is 0.439 e. The zero-order valence-corrected chi connectivity index (χ0v) is 20.1. The maximum absolute atomic E-state index is 12.3. The van der Waals surface area contributed by atoms with Crippen LogP contribution in [0.1, 0.15) is 24.0 Å². The van der Waals surface area contributed by atoms with E-state index in [0.29, 0.717) is 23.9 Å². The summed E-state index contributed by atoms with van der Waals surface area (Å²) in [7, 11) is 1.88. The summed E-state index contributed by atoms with van der Waals surface area (Å²) in [5.41, 5.74) is 1.21. The maximum Gasteiger partial charge on any atom is 0.417 e. The van der Waals surface area contributed by atoms with Crippen molar-refractivity contribution in [1.29, 1.82) is 0 Å². The molecule has 1 fully saturated rings. The summed E-state index contributed by atoms with van der Waals surface area (Å²) in [5, 5.41) is 7.60. The van der Waals surface area contributed by atoms with Crippen LogP contribution >= 0.6 is 11.6 Å². The summed E-state index contributed by atoms with van der Waals surface area (Å²) in [5.74, 6) is 1.70. The lowest BCUT2D eigenvalue weighted by Gasteiger charge is -2.09. The van der Waals surface area contributed by atoms with Gasteiger partial charge in [0.1, 0.15) is 17.9 Å². The van der Waals surface area contributed by atoms with Gasteiger partial charge in [-0.05, 0) is 61.7 Å². The fourth-order valence-electron chi connectivity index (χ4n) is 3.04. The Labute approximate surface area is 210 Å². The third-order valence-electron chi connectivity index (χ3n) is 5.03. The van der Waals surface area contributed by atoms with Crippen LogP contribution in [0.25, 0.3) is 0 Å². The number of aryl methyl sites for hydroxylation is 1. The van der Waals surface area contributed by atoms with Gasteiger partial charge in [0.05, 0.1) is 10.6 Å². The van der Waals surface area contributed by atoms with Crippen molar-refractivity contribution < 1.29 is 27.5 Å². The highest BCUT2D eigenvalue weighted by Gasteiger charge is 2.33. The number of carbonyl (C=O) groups is 2. The number of anilines is 3. The first-order valence-electron chi connectivity index (χ1n) is 10.8. The molecule has 36 heavy (non-hydrogen) atoms. The molecule has 1 aromatic heterocycles. The van der Waals surface area contributed by atoms with Gasteiger partial charge in [0.15, 0.2) is 0 Å². The van der Waals surface area contributed by atoms with Gasteiger partial charge in [-0.3, -0.25) is 9.59 Å². The summed E-state index contributed by atoms with van der Waals surface area (Å²) in [4.78, 5) is 29.9. The zero-order valence-electron chi connectivity index (χ0n) is 19.3. The number of hydrogen-bond acceptors (Lipinski definition) is 6. The molecule has 2 amide bonds. The molecular formula is C24H23ClF3N5O3. The molecule has 0 saturated heterocycles. The van der Waals surface area contributed by atoms with Gasteiger partial charge in [-0.2, -0.15) is 13.2 Å². The SMILES string of the molecule is CNc1ccc(Oc2cc(NC(=O)C3CC3)ncn2)cc1C.O=CNc1ccc(Cl)c(C(F)(F)F)c1. The van der Waals surface area contributed by atoms with Crippen LogP contribution in [-0.2, 0) is 15.8 Å². The van der Waals surface area contributed by atoms with Gasteiger partial charge in [0.25, 0.3) is 0 Å². The van der Waals surface area contributed by atoms with Crippen molar-refractivity contribution in [2.45, 2.75) is 25.9 Å². The Morgan fingerprint density at radius 1 is 1.14 bits per heavy atom. The molecule has 190 valence electrons. The Kier molecular flexibility index (Phi) is 8.70. The zero-order chi connectivity index (χ0) is 26.3. The third kappa shape index (κ3) is 7.57. The van der Waals surface area contributed by atoms with Crippen LogP contribution in [0.3, 0.4) is 0 Å². The molecule has 0 aliphatic heterocycles. The van der Waals surface area contributed by atoms with Crippen LogP contribution in [0.15, 0.2) is 48.8 Å². The molecule has 0 bridgehead atoms. The van der Waals surface area contributed by atoms with Crippen molar-refractivity contribution >= 4 is 41.1 Å². The maximum atomic E-state index is 12.3. The molecule has 0 radical (unpaired) electrons. The van der Waals surface area contributed by atoms with Crippen molar-refractivity contribution in [1.82, 2.24) is 9.97 Å². The first-order valence-corrected chi connectivity index (χ1v) is 11.1. The van der Waals surface area contributed by atoms with E-state index in [4.69, 9.17) is 16.3 Å². The van der Waals surface area contributed by atoms with Gasteiger partial charge in [0.2, 0.25) is 18.2 Å². The second-order valence-electron chi connectivity index (χ2n) is 7.79. The average Bonchev–Trinajstić information content (AvgIpc) is 3.66. The molecule has 2 aromatic carbocycles. The molecule has 0 spiro atoms. The number of benzene rings is 2. The summed E-state index contributed by atoms with van der Waals surface area (Å²) >= 11 is 5.34. The summed E-state index contributed by atoms with van der Waals surface area (Å²) in [6, 6.07) is 10.5. The standard InChI is InChI=1S/C16H18N4O2.C8H5ClF3NO/c1-10-7-12(5-6-13(10)17-2)22-15-8-14(18-9-19-15)20-16(21)11-3-4-11;9-7-2-1-5(13-4-14)3-6(7)8(10,11)12/h5-9,11,17H,3-4H2,1-2H3,(H,18,19,20,21);1-4H,(H,13,14). The Balaban J connectivity index is 0.000000223. The van der Waals surface area contributed by atoms with E-state index >= 15 is 0 Å². The summed E-state index contributed by atoms with van der Waals surface area (Å²) in [6.45, 7) is 2.00. The monoisotopic (exact) mass is 521 g/mol. The molecule has 4 rings (SSSR count). The minimum Gasteiger partial charge on any atom is -0.439 e. The molecule has 8 nitrogen and oxygen atoms in total. The number of halogens is 4. The van der Waals surface area contributed by atoms with E-state index in [1.165, 1.54) is 12.4 Å². The van der Waals surface area contributed by atoms with E-state index in [1.54, 1.807) is 6.07 Å². The van der Waals surface area contributed by atoms with Crippen LogP contribution in [0, 0.1) is 12.8 Å². The molecule has 1 aliphatic rings. The smallest absolute Gasteiger partial charge is 0.417 e. The number of amides is 2. The molecule has 1 saturated carbocycles. The second-order valence-corrected chi connectivity index (χ2v) is 8.20. The van der Waals surface area contributed by atoms with Crippen LogP contribution in [0.2, 0.25) is 5.02 Å². The number of aromatic nitrogens is 2. The van der Waals surface area contributed by atoms with Gasteiger partial charge >= 0.3 is 6.18 Å². The number of alkyl halides is 3. The molecule has 0 atom stereocenters. The highest BCUT2D eigenvalue weighted by Crippen LogP contribution is 2.36.